The van der Waals surface area contributed by atoms with Crippen LogP contribution in [-0.4, -0.2) is 27.6 Å². The number of rotatable bonds is 1. The molecule has 0 aromatic heterocycles. The Hall–Kier alpha value is 0.669. The second kappa shape index (κ2) is 12.4. The Morgan fingerprint density at radius 1 is 0.842 bits per heavy atom. The van der Waals surface area contributed by atoms with Crippen LogP contribution in [-0.2, 0) is 26.2 Å². The van der Waals surface area contributed by atoms with Gasteiger partial charge in [0.2, 0.25) is 0 Å². The van der Waals surface area contributed by atoms with E-state index < -0.39 is 13.3 Å². The molecule has 3 heteroatoms. The second-order valence-corrected chi connectivity index (χ2v) is 22.8. The van der Waals surface area contributed by atoms with Crippen molar-refractivity contribution in [1.82, 2.24) is 0 Å². The van der Waals surface area contributed by atoms with Crippen molar-refractivity contribution in [2.24, 2.45) is 0 Å². The van der Waals surface area contributed by atoms with E-state index in [-0.39, 0.29) is 40.6 Å². The summed E-state index contributed by atoms with van der Waals surface area (Å²) >= 11 is -1.77. The van der Waals surface area contributed by atoms with Crippen molar-refractivity contribution in [2.45, 2.75) is 34.5 Å². The summed E-state index contributed by atoms with van der Waals surface area (Å²) in [5, 5.41) is 0. The second-order valence-electron chi connectivity index (χ2n) is 5.89. The average Bonchev–Trinajstić information content (AvgIpc) is 2.93. The summed E-state index contributed by atoms with van der Waals surface area (Å²) in [6, 6.07) is 18.8. The SMILES string of the molecule is [CH3][Ge]([CH3])([CH3])[c-]1cccc1.[CH3][Ge]([CH3])[CH3].[Zr+2].c1cc[cH-]c1. The van der Waals surface area contributed by atoms with Crippen molar-refractivity contribution in [2.75, 3.05) is 0 Å². The Bertz CT molecular complexity index is 336. The molecule has 0 unspecified atom stereocenters. The Morgan fingerprint density at radius 3 is 1.37 bits per heavy atom. The largest absolute Gasteiger partial charge is 2.00 e. The summed E-state index contributed by atoms with van der Waals surface area (Å²) < 4.78 is 1.61. The predicted octanol–water partition coefficient (Wildman–Crippen LogP) is 4.72. The monoisotopic (exact) mass is 457 g/mol. The van der Waals surface area contributed by atoms with Crippen LogP contribution in [0.5, 0.6) is 0 Å². The Balaban J connectivity index is 0. The summed E-state index contributed by atoms with van der Waals surface area (Å²) in [4.78, 5) is 0. The quantitative estimate of drug-likeness (QED) is 0.431. The summed E-state index contributed by atoms with van der Waals surface area (Å²) in [5.41, 5.74) is 0. The van der Waals surface area contributed by atoms with Crippen LogP contribution < -0.4 is 4.40 Å². The number of hydrogen-bond donors (Lipinski definition) is 0. The zero-order chi connectivity index (χ0) is 14.0. The van der Waals surface area contributed by atoms with E-state index in [0.717, 1.165) is 0 Å². The normalized spacial score (nSPS) is 9.63. The van der Waals surface area contributed by atoms with Crippen LogP contribution in [0.2, 0.25) is 34.5 Å². The van der Waals surface area contributed by atoms with E-state index in [1.165, 1.54) is 0 Å². The van der Waals surface area contributed by atoms with Crippen molar-refractivity contribution in [3.8, 4) is 0 Å². The Labute approximate surface area is 146 Å². The van der Waals surface area contributed by atoms with Crippen LogP contribution in [0.15, 0.2) is 54.6 Å². The first kappa shape index (κ1) is 22.0. The van der Waals surface area contributed by atoms with E-state index >= 15 is 0 Å². The van der Waals surface area contributed by atoms with E-state index in [2.05, 4.69) is 58.8 Å². The molecule has 0 aliphatic heterocycles. The molecular weight excluding hydrogens is 429 g/mol. The molecule has 2 aromatic rings. The van der Waals surface area contributed by atoms with E-state index in [9.17, 15) is 0 Å². The topological polar surface area (TPSA) is 0 Å². The maximum absolute atomic E-state index is 2.41. The molecule has 0 amide bonds. The van der Waals surface area contributed by atoms with E-state index in [1.807, 2.05) is 30.3 Å². The van der Waals surface area contributed by atoms with Crippen LogP contribution in [0.4, 0.5) is 0 Å². The van der Waals surface area contributed by atoms with Crippen LogP contribution in [0.3, 0.4) is 0 Å². The first-order valence-corrected chi connectivity index (χ1v) is 20.1. The van der Waals surface area contributed by atoms with Crippen LogP contribution in [0.1, 0.15) is 0 Å². The molecule has 2 rings (SSSR count). The van der Waals surface area contributed by atoms with Gasteiger partial charge in [0.15, 0.2) is 0 Å². The molecule has 0 heterocycles. The summed E-state index contributed by atoms with van der Waals surface area (Å²) in [6.07, 6.45) is 0. The van der Waals surface area contributed by atoms with Gasteiger partial charge in [0.1, 0.15) is 0 Å². The van der Waals surface area contributed by atoms with Gasteiger partial charge in [-0.05, 0) is 0 Å². The molecule has 0 bridgehead atoms. The molecule has 1 radical (unpaired) electrons. The summed E-state index contributed by atoms with van der Waals surface area (Å²) in [6.45, 7) is 0. The minimum atomic E-state index is -1.44. The predicted molar refractivity (Wildman–Crippen MR) is 90.4 cm³/mol. The van der Waals surface area contributed by atoms with Crippen LogP contribution >= 0.6 is 0 Å². The third-order valence-electron chi connectivity index (χ3n) is 2.08. The van der Waals surface area contributed by atoms with Crippen molar-refractivity contribution < 1.29 is 26.2 Å². The van der Waals surface area contributed by atoms with Crippen molar-refractivity contribution in [3.05, 3.63) is 54.6 Å². The van der Waals surface area contributed by atoms with Gasteiger partial charge < -0.3 is 0 Å². The Morgan fingerprint density at radius 2 is 1.21 bits per heavy atom. The fourth-order valence-electron chi connectivity index (χ4n) is 1.19. The van der Waals surface area contributed by atoms with Gasteiger partial charge in [-0.1, -0.05) is 0 Å². The molecule has 0 saturated heterocycles. The molecule has 0 nitrogen and oxygen atoms in total. The van der Waals surface area contributed by atoms with Crippen LogP contribution in [0, 0.1) is 0 Å². The minimum absolute atomic E-state index is 0. The molecule has 2 aromatic carbocycles. The molecule has 0 atom stereocenters. The molecule has 0 aliphatic carbocycles. The fourth-order valence-corrected chi connectivity index (χ4v) is 3.70. The minimum Gasteiger partial charge on any atom is -0.214 e. The van der Waals surface area contributed by atoms with Gasteiger partial charge in [-0.2, -0.15) is 18.2 Å². The average molecular weight is 456 g/mol. The van der Waals surface area contributed by atoms with Crippen molar-refractivity contribution in [1.29, 1.82) is 0 Å². The molecule has 0 saturated carbocycles. The third-order valence-corrected chi connectivity index (χ3v) is 6.42. The first-order valence-electron chi connectivity index (χ1n) is 6.49. The van der Waals surface area contributed by atoms with Crippen molar-refractivity contribution >= 4 is 32.0 Å². The Kier molecular flexibility index (Phi) is 14.3. The van der Waals surface area contributed by atoms with Gasteiger partial charge in [-0.15, -0.1) is 0 Å². The standard InChI is InChI=1S/C8H13Ge.C5H5.C3H9Ge.Zr/c1-9(2,3)8-6-4-5-7-8;1-2-4-5-3-1;1-4(2)3;/h4-7H,1-3H3;1-5H;1-3H3;/q2*-1;;+2. The third kappa shape index (κ3) is 14.9. The zero-order valence-corrected chi connectivity index (χ0v) is 19.9. The molecular formula is C16H27Ge2Zr. The molecule has 0 N–H and O–H groups in total. The summed E-state index contributed by atoms with van der Waals surface area (Å²) in [5.74, 6) is 14.2. The maximum Gasteiger partial charge on any atom is 2.00 e. The molecule has 0 aliphatic rings. The smallest absolute Gasteiger partial charge is 0.214 e. The zero-order valence-electron chi connectivity index (χ0n) is 13.2. The molecule has 19 heavy (non-hydrogen) atoms. The molecule has 0 spiro atoms. The van der Waals surface area contributed by atoms with Gasteiger partial charge in [0.05, 0.1) is 0 Å². The van der Waals surface area contributed by atoms with Gasteiger partial charge in [-0.25, -0.2) is 12.1 Å². The summed E-state index contributed by atoms with van der Waals surface area (Å²) in [7, 11) is 0. The fraction of sp³-hybridized carbons (Fsp3) is 0.375. The van der Waals surface area contributed by atoms with Gasteiger partial charge in [0.25, 0.3) is 0 Å². The van der Waals surface area contributed by atoms with Crippen LogP contribution in [0.25, 0.3) is 0 Å². The molecule has 0 fully saturated rings. The van der Waals surface area contributed by atoms with Gasteiger partial charge in [-0.3, -0.25) is 0 Å². The van der Waals surface area contributed by atoms with Gasteiger partial charge in [0, 0.05) is 0 Å². The van der Waals surface area contributed by atoms with Crippen molar-refractivity contribution in [3.63, 3.8) is 0 Å². The molecule has 103 valence electrons. The van der Waals surface area contributed by atoms with E-state index in [1.54, 1.807) is 4.40 Å². The van der Waals surface area contributed by atoms with E-state index in [0.29, 0.717) is 0 Å². The number of hydrogen-bond acceptors (Lipinski definition) is 0. The van der Waals surface area contributed by atoms with Gasteiger partial charge >= 0.3 is 117 Å². The van der Waals surface area contributed by atoms with E-state index in [4.69, 9.17) is 0 Å². The maximum atomic E-state index is 2.41. The first-order chi connectivity index (χ1) is 8.34.